The molecule has 6 heteroatoms. The van der Waals surface area contributed by atoms with E-state index in [4.69, 9.17) is 8.83 Å². The van der Waals surface area contributed by atoms with Gasteiger partial charge in [0.2, 0.25) is 5.89 Å². The van der Waals surface area contributed by atoms with Crippen molar-refractivity contribution in [3.8, 4) is 11.5 Å². The van der Waals surface area contributed by atoms with Crippen molar-refractivity contribution in [1.29, 1.82) is 0 Å². The summed E-state index contributed by atoms with van der Waals surface area (Å²) in [6.45, 7) is 2.56. The number of likely N-dealkylation sites (tertiary alicyclic amines) is 1. The van der Waals surface area contributed by atoms with Gasteiger partial charge in [0.15, 0.2) is 0 Å². The third-order valence-electron chi connectivity index (χ3n) is 4.13. The Hall–Kier alpha value is -2.47. The Morgan fingerprint density at radius 1 is 1.17 bits per heavy atom. The summed E-state index contributed by atoms with van der Waals surface area (Å²) in [6, 6.07) is 10.3. The molecule has 0 radical (unpaired) electrons. The quantitative estimate of drug-likeness (QED) is 0.738. The molecule has 0 amide bonds. The van der Waals surface area contributed by atoms with E-state index in [2.05, 4.69) is 15.1 Å². The van der Waals surface area contributed by atoms with Crippen LogP contribution in [0.15, 0.2) is 51.5 Å². The van der Waals surface area contributed by atoms with Gasteiger partial charge in [0.05, 0.1) is 24.3 Å². The van der Waals surface area contributed by atoms with Crippen molar-refractivity contribution in [2.45, 2.75) is 18.9 Å². The minimum absolute atomic E-state index is 0.179. The van der Waals surface area contributed by atoms with E-state index in [0.717, 1.165) is 31.8 Å². The van der Waals surface area contributed by atoms with Crippen molar-refractivity contribution in [1.82, 2.24) is 15.1 Å². The molecule has 0 aliphatic carbocycles. The summed E-state index contributed by atoms with van der Waals surface area (Å²) < 4.78 is 24.9. The minimum Gasteiger partial charge on any atom is -0.468 e. The Balaban J connectivity index is 1.47. The number of halogens is 1. The van der Waals surface area contributed by atoms with Gasteiger partial charge in [-0.05, 0) is 37.2 Å². The molecular formula is C17H16FN3O2. The van der Waals surface area contributed by atoms with Crippen molar-refractivity contribution >= 4 is 0 Å². The number of furan rings is 1. The van der Waals surface area contributed by atoms with Gasteiger partial charge in [-0.1, -0.05) is 12.1 Å². The highest BCUT2D eigenvalue weighted by molar-refractivity contribution is 5.53. The Labute approximate surface area is 132 Å². The Bertz CT molecular complexity index is 785. The molecule has 3 heterocycles. The molecule has 118 valence electrons. The average Bonchev–Trinajstić information content (AvgIpc) is 3.29. The van der Waals surface area contributed by atoms with Gasteiger partial charge >= 0.3 is 0 Å². The smallest absolute Gasteiger partial charge is 0.250 e. The number of hydrogen-bond donors (Lipinski definition) is 0. The van der Waals surface area contributed by atoms with Crippen LogP contribution in [0.5, 0.6) is 0 Å². The lowest BCUT2D eigenvalue weighted by atomic mass is 10.1. The Morgan fingerprint density at radius 2 is 2.09 bits per heavy atom. The van der Waals surface area contributed by atoms with E-state index in [0.29, 0.717) is 11.5 Å². The second-order valence-electron chi connectivity index (χ2n) is 5.73. The van der Waals surface area contributed by atoms with Crippen LogP contribution in [0, 0.1) is 5.82 Å². The first-order chi connectivity index (χ1) is 11.3. The van der Waals surface area contributed by atoms with E-state index in [1.807, 2.05) is 12.1 Å². The minimum atomic E-state index is -0.353. The highest BCUT2D eigenvalue weighted by atomic mass is 19.1. The Kier molecular flexibility index (Phi) is 3.67. The molecule has 5 nitrogen and oxygen atoms in total. The zero-order valence-corrected chi connectivity index (χ0v) is 12.5. The highest BCUT2D eigenvalue weighted by Gasteiger charge is 2.29. The van der Waals surface area contributed by atoms with Gasteiger partial charge < -0.3 is 8.83 Å². The molecule has 1 aliphatic rings. The standard InChI is InChI=1S/C17H16FN3O2/c18-15-6-2-1-5-14(15)17-20-19-16(23-17)12-7-8-21(10-12)11-13-4-3-9-22-13/h1-6,9,12H,7-8,10-11H2. The SMILES string of the molecule is Fc1ccccc1-c1nnc(C2CCN(Cc3ccco3)C2)o1. The molecular weight excluding hydrogens is 297 g/mol. The van der Waals surface area contributed by atoms with Gasteiger partial charge in [-0.25, -0.2) is 4.39 Å². The highest BCUT2D eigenvalue weighted by Crippen LogP contribution is 2.30. The van der Waals surface area contributed by atoms with Crippen molar-refractivity contribution in [3.05, 3.63) is 60.1 Å². The van der Waals surface area contributed by atoms with Gasteiger partial charge in [0, 0.05) is 6.54 Å². The first-order valence-electron chi connectivity index (χ1n) is 7.62. The first-order valence-corrected chi connectivity index (χ1v) is 7.62. The van der Waals surface area contributed by atoms with Gasteiger partial charge in [-0.3, -0.25) is 4.90 Å². The lowest BCUT2D eigenvalue weighted by molar-refractivity contribution is 0.290. The maximum atomic E-state index is 13.8. The zero-order chi connectivity index (χ0) is 15.6. The van der Waals surface area contributed by atoms with Crippen molar-refractivity contribution in [2.24, 2.45) is 0 Å². The van der Waals surface area contributed by atoms with Crippen molar-refractivity contribution < 1.29 is 13.2 Å². The molecule has 1 saturated heterocycles. The maximum absolute atomic E-state index is 13.8. The molecule has 0 saturated carbocycles. The largest absolute Gasteiger partial charge is 0.468 e. The molecule has 0 spiro atoms. The molecule has 23 heavy (non-hydrogen) atoms. The van der Waals surface area contributed by atoms with E-state index in [9.17, 15) is 4.39 Å². The summed E-state index contributed by atoms with van der Waals surface area (Å²) in [4.78, 5) is 2.29. The fraction of sp³-hybridized carbons (Fsp3) is 0.294. The monoisotopic (exact) mass is 313 g/mol. The van der Waals surface area contributed by atoms with Crippen LogP contribution in [0.1, 0.15) is 24.0 Å². The normalized spacial score (nSPS) is 18.6. The summed E-state index contributed by atoms with van der Waals surface area (Å²) in [5, 5.41) is 8.11. The molecule has 0 N–H and O–H groups in total. The number of benzene rings is 1. The van der Waals surface area contributed by atoms with E-state index in [1.54, 1.807) is 24.5 Å². The van der Waals surface area contributed by atoms with Gasteiger partial charge in [-0.2, -0.15) is 0 Å². The fourth-order valence-corrected chi connectivity index (χ4v) is 2.94. The van der Waals surface area contributed by atoms with Crippen LogP contribution >= 0.6 is 0 Å². The molecule has 1 aromatic carbocycles. The molecule has 1 unspecified atom stereocenters. The third kappa shape index (κ3) is 2.90. The summed E-state index contributed by atoms with van der Waals surface area (Å²) in [6.07, 6.45) is 2.63. The number of rotatable bonds is 4. The number of hydrogen-bond acceptors (Lipinski definition) is 5. The second-order valence-corrected chi connectivity index (χ2v) is 5.73. The molecule has 1 fully saturated rings. The summed E-state index contributed by atoms with van der Waals surface area (Å²) in [5.74, 6) is 1.59. The van der Waals surface area contributed by atoms with Gasteiger partial charge in [0.1, 0.15) is 11.6 Å². The molecule has 0 bridgehead atoms. The third-order valence-corrected chi connectivity index (χ3v) is 4.13. The lowest BCUT2D eigenvalue weighted by Gasteiger charge is -2.12. The average molecular weight is 313 g/mol. The van der Waals surface area contributed by atoms with E-state index in [-0.39, 0.29) is 17.6 Å². The number of aromatic nitrogens is 2. The van der Waals surface area contributed by atoms with E-state index >= 15 is 0 Å². The number of nitrogens with zero attached hydrogens (tertiary/aromatic N) is 3. The van der Waals surface area contributed by atoms with Crippen molar-refractivity contribution in [3.63, 3.8) is 0 Å². The van der Waals surface area contributed by atoms with Gasteiger partial charge in [-0.15, -0.1) is 10.2 Å². The van der Waals surface area contributed by atoms with Crippen LogP contribution in [0.3, 0.4) is 0 Å². The summed E-state index contributed by atoms with van der Waals surface area (Å²) in [5.41, 5.74) is 0.344. The first kappa shape index (κ1) is 14.1. The lowest BCUT2D eigenvalue weighted by Crippen LogP contribution is -2.19. The molecule has 4 rings (SSSR count). The van der Waals surface area contributed by atoms with Crippen LogP contribution in [0.4, 0.5) is 4.39 Å². The summed E-state index contributed by atoms with van der Waals surface area (Å²) in [7, 11) is 0. The molecule has 3 aromatic rings. The van der Waals surface area contributed by atoms with Crippen LogP contribution in [-0.2, 0) is 6.54 Å². The second kappa shape index (κ2) is 5.96. The van der Waals surface area contributed by atoms with Crippen LogP contribution in [-0.4, -0.2) is 28.2 Å². The van der Waals surface area contributed by atoms with E-state index < -0.39 is 0 Å². The van der Waals surface area contributed by atoms with Crippen LogP contribution in [0.2, 0.25) is 0 Å². The molecule has 2 aromatic heterocycles. The molecule has 1 aliphatic heterocycles. The van der Waals surface area contributed by atoms with Crippen LogP contribution in [0.25, 0.3) is 11.5 Å². The van der Waals surface area contributed by atoms with Crippen molar-refractivity contribution in [2.75, 3.05) is 13.1 Å². The van der Waals surface area contributed by atoms with Crippen LogP contribution < -0.4 is 0 Å². The zero-order valence-electron chi connectivity index (χ0n) is 12.5. The Morgan fingerprint density at radius 3 is 2.91 bits per heavy atom. The summed E-state index contributed by atoms with van der Waals surface area (Å²) >= 11 is 0. The maximum Gasteiger partial charge on any atom is 0.250 e. The fourth-order valence-electron chi connectivity index (χ4n) is 2.94. The predicted molar refractivity (Wildman–Crippen MR) is 81.0 cm³/mol. The topological polar surface area (TPSA) is 55.3 Å². The van der Waals surface area contributed by atoms with Gasteiger partial charge in [0.25, 0.3) is 5.89 Å². The molecule has 1 atom stereocenters. The predicted octanol–water partition coefficient (Wildman–Crippen LogP) is 3.46. The van der Waals surface area contributed by atoms with E-state index in [1.165, 1.54) is 6.07 Å².